The Balaban J connectivity index is 2.58. The average molecular weight is 232 g/mol. The van der Waals surface area contributed by atoms with Gasteiger partial charge in [-0.2, -0.15) is 5.10 Å². The van der Waals surface area contributed by atoms with Gasteiger partial charge in [0.05, 0.1) is 16.7 Å². The van der Waals surface area contributed by atoms with E-state index < -0.39 is 0 Å². The second-order valence-electron chi connectivity index (χ2n) is 3.25. The second kappa shape index (κ2) is 4.05. The van der Waals surface area contributed by atoms with E-state index in [1.165, 1.54) is 0 Å². The van der Waals surface area contributed by atoms with E-state index in [9.17, 15) is 0 Å². The molecular formula is C8H14BrN3. The van der Waals surface area contributed by atoms with Gasteiger partial charge in [0, 0.05) is 12.7 Å². The Kier molecular flexibility index (Phi) is 3.29. The lowest BCUT2D eigenvalue weighted by atomic mass is 10.3. The number of hydrogen-bond acceptors (Lipinski definition) is 2. The minimum absolute atomic E-state index is 0.422. The Morgan fingerprint density at radius 2 is 2.33 bits per heavy atom. The first kappa shape index (κ1) is 9.74. The fraction of sp³-hybridized carbons (Fsp3) is 0.625. The third kappa shape index (κ3) is 2.60. The third-order valence-electron chi connectivity index (χ3n) is 1.65. The van der Waals surface area contributed by atoms with Gasteiger partial charge in [-0.1, -0.05) is 0 Å². The Hall–Kier alpha value is -0.350. The SMILES string of the molecule is CC(CN(C)C)n1cc(Br)cn1. The molecule has 1 atom stereocenters. The van der Waals surface area contributed by atoms with Gasteiger partial charge in [0.15, 0.2) is 0 Å². The summed E-state index contributed by atoms with van der Waals surface area (Å²) in [7, 11) is 4.13. The summed E-state index contributed by atoms with van der Waals surface area (Å²) in [4.78, 5) is 2.15. The van der Waals surface area contributed by atoms with Crippen molar-refractivity contribution in [3.05, 3.63) is 16.9 Å². The molecular weight excluding hydrogens is 218 g/mol. The van der Waals surface area contributed by atoms with E-state index in [0.29, 0.717) is 6.04 Å². The topological polar surface area (TPSA) is 21.1 Å². The van der Waals surface area contributed by atoms with Crippen LogP contribution in [0.1, 0.15) is 13.0 Å². The van der Waals surface area contributed by atoms with Gasteiger partial charge >= 0.3 is 0 Å². The van der Waals surface area contributed by atoms with Crippen molar-refractivity contribution >= 4 is 15.9 Å². The highest BCUT2D eigenvalue weighted by Gasteiger charge is 2.06. The van der Waals surface area contributed by atoms with Crippen molar-refractivity contribution in [1.29, 1.82) is 0 Å². The van der Waals surface area contributed by atoms with Gasteiger partial charge in [0.25, 0.3) is 0 Å². The first-order valence-corrected chi connectivity index (χ1v) is 4.73. The van der Waals surface area contributed by atoms with Crippen molar-refractivity contribution in [2.24, 2.45) is 0 Å². The number of aromatic nitrogens is 2. The molecule has 1 aromatic rings. The highest BCUT2D eigenvalue weighted by Crippen LogP contribution is 2.11. The monoisotopic (exact) mass is 231 g/mol. The lowest BCUT2D eigenvalue weighted by molar-refractivity contribution is 0.322. The van der Waals surface area contributed by atoms with Crippen molar-refractivity contribution in [3.63, 3.8) is 0 Å². The number of nitrogens with zero attached hydrogens (tertiary/aromatic N) is 3. The van der Waals surface area contributed by atoms with Crippen molar-refractivity contribution in [3.8, 4) is 0 Å². The molecule has 0 aromatic carbocycles. The summed E-state index contributed by atoms with van der Waals surface area (Å²) in [6.07, 6.45) is 3.81. The summed E-state index contributed by atoms with van der Waals surface area (Å²) < 4.78 is 3.00. The lowest BCUT2D eigenvalue weighted by Crippen LogP contribution is -2.22. The molecule has 68 valence electrons. The van der Waals surface area contributed by atoms with Crippen molar-refractivity contribution in [1.82, 2.24) is 14.7 Å². The molecule has 3 nitrogen and oxygen atoms in total. The van der Waals surface area contributed by atoms with E-state index in [0.717, 1.165) is 11.0 Å². The molecule has 1 unspecified atom stereocenters. The fourth-order valence-corrected chi connectivity index (χ4v) is 1.47. The van der Waals surface area contributed by atoms with Gasteiger partial charge in [-0.25, -0.2) is 0 Å². The van der Waals surface area contributed by atoms with E-state index in [-0.39, 0.29) is 0 Å². The minimum Gasteiger partial charge on any atom is -0.307 e. The predicted octanol–water partition coefficient (Wildman–Crippen LogP) is 1.77. The fourth-order valence-electron chi connectivity index (χ4n) is 1.17. The standard InChI is InChI=1S/C8H14BrN3/c1-7(5-11(2)3)12-6-8(9)4-10-12/h4,6-7H,5H2,1-3H3. The third-order valence-corrected chi connectivity index (χ3v) is 2.06. The van der Waals surface area contributed by atoms with Crippen LogP contribution in [0, 0.1) is 0 Å². The van der Waals surface area contributed by atoms with Crippen LogP contribution in [0.5, 0.6) is 0 Å². The lowest BCUT2D eigenvalue weighted by Gasteiger charge is -2.16. The van der Waals surface area contributed by atoms with Gasteiger partial charge in [0.2, 0.25) is 0 Å². The maximum atomic E-state index is 4.21. The maximum absolute atomic E-state index is 4.21. The zero-order chi connectivity index (χ0) is 9.14. The Labute approximate surface area is 81.5 Å². The van der Waals surface area contributed by atoms with E-state index in [1.807, 2.05) is 17.1 Å². The summed E-state index contributed by atoms with van der Waals surface area (Å²) >= 11 is 3.37. The highest BCUT2D eigenvalue weighted by molar-refractivity contribution is 9.10. The van der Waals surface area contributed by atoms with Crippen molar-refractivity contribution < 1.29 is 0 Å². The molecule has 0 fully saturated rings. The van der Waals surface area contributed by atoms with Gasteiger partial charge < -0.3 is 4.90 Å². The minimum atomic E-state index is 0.422. The van der Waals surface area contributed by atoms with E-state index in [1.54, 1.807) is 0 Å². The quantitative estimate of drug-likeness (QED) is 0.791. The molecule has 1 heterocycles. The van der Waals surface area contributed by atoms with Crippen molar-refractivity contribution in [2.45, 2.75) is 13.0 Å². The summed E-state index contributed by atoms with van der Waals surface area (Å²) in [6.45, 7) is 3.16. The zero-order valence-corrected chi connectivity index (χ0v) is 9.24. The molecule has 0 amide bonds. The molecule has 0 N–H and O–H groups in total. The molecule has 0 aliphatic carbocycles. The van der Waals surface area contributed by atoms with Gasteiger partial charge in [-0.3, -0.25) is 4.68 Å². The van der Waals surface area contributed by atoms with E-state index in [2.05, 4.69) is 46.9 Å². The number of likely N-dealkylation sites (N-methyl/N-ethyl adjacent to an activating group) is 1. The Morgan fingerprint density at radius 1 is 1.67 bits per heavy atom. The first-order valence-electron chi connectivity index (χ1n) is 3.94. The summed E-state index contributed by atoms with van der Waals surface area (Å²) in [6, 6.07) is 0.422. The van der Waals surface area contributed by atoms with Gasteiger partial charge in [-0.15, -0.1) is 0 Å². The molecule has 0 saturated heterocycles. The van der Waals surface area contributed by atoms with E-state index in [4.69, 9.17) is 0 Å². The summed E-state index contributed by atoms with van der Waals surface area (Å²) in [5.74, 6) is 0. The van der Waals surface area contributed by atoms with Crippen LogP contribution in [0.2, 0.25) is 0 Å². The summed E-state index contributed by atoms with van der Waals surface area (Å²) in [5, 5.41) is 4.21. The number of rotatable bonds is 3. The first-order chi connectivity index (χ1) is 5.59. The van der Waals surface area contributed by atoms with Crippen LogP contribution in [-0.4, -0.2) is 35.3 Å². The Morgan fingerprint density at radius 3 is 2.75 bits per heavy atom. The molecule has 1 rings (SSSR count). The molecule has 4 heteroatoms. The molecule has 0 bridgehead atoms. The van der Waals surface area contributed by atoms with Crippen molar-refractivity contribution in [2.75, 3.05) is 20.6 Å². The second-order valence-corrected chi connectivity index (χ2v) is 4.17. The van der Waals surface area contributed by atoms with Crippen LogP contribution in [0.25, 0.3) is 0 Å². The van der Waals surface area contributed by atoms with Crippen LogP contribution < -0.4 is 0 Å². The van der Waals surface area contributed by atoms with Crippen LogP contribution in [0.4, 0.5) is 0 Å². The number of halogens is 1. The molecule has 0 aliphatic rings. The predicted molar refractivity (Wildman–Crippen MR) is 53.2 cm³/mol. The molecule has 0 radical (unpaired) electrons. The highest BCUT2D eigenvalue weighted by atomic mass is 79.9. The largest absolute Gasteiger partial charge is 0.307 e. The average Bonchev–Trinajstić information content (AvgIpc) is 2.34. The molecule has 1 aromatic heterocycles. The number of hydrogen-bond donors (Lipinski definition) is 0. The molecule has 12 heavy (non-hydrogen) atoms. The van der Waals surface area contributed by atoms with Crippen LogP contribution >= 0.6 is 15.9 Å². The van der Waals surface area contributed by atoms with Crippen LogP contribution in [0.3, 0.4) is 0 Å². The van der Waals surface area contributed by atoms with Gasteiger partial charge in [0.1, 0.15) is 0 Å². The normalized spacial score (nSPS) is 13.8. The zero-order valence-electron chi connectivity index (χ0n) is 7.66. The smallest absolute Gasteiger partial charge is 0.0632 e. The molecule has 0 aliphatic heterocycles. The van der Waals surface area contributed by atoms with Crippen LogP contribution in [-0.2, 0) is 0 Å². The Bertz CT molecular complexity index is 244. The molecule has 0 spiro atoms. The maximum Gasteiger partial charge on any atom is 0.0632 e. The molecule has 0 saturated carbocycles. The van der Waals surface area contributed by atoms with Crippen LogP contribution in [0.15, 0.2) is 16.9 Å². The van der Waals surface area contributed by atoms with E-state index >= 15 is 0 Å². The summed E-state index contributed by atoms with van der Waals surface area (Å²) in [5.41, 5.74) is 0. The van der Waals surface area contributed by atoms with Gasteiger partial charge in [-0.05, 0) is 36.9 Å².